The maximum absolute atomic E-state index is 13.0. The van der Waals surface area contributed by atoms with E-state index in [-0.39, 0.29) is 30.2 Å². The van der Waals surface area contributed by atoms with Crippen LogP contribution >= 0.6 is 15.9 Å². The van der Waals surface area contributed by atoms with Crippen LogP contribution in [0.3, 0.4) is 0 Å². The minimum atomic E-state index is -2.56. The van der Waals surface area contributed by atoms with Crippen molar-refractivity contribution in [2.75, 3.05) is 5.33 Å². The first-order valence-corrected chi connectivity index (χ1v) is 7.34. The van der Waals surface area contributed by atoms with Crippen LogP contribution in [-0.4, -0.2) is 22.7 Å². The van der Waals surface area contributed by atoms with E-state index in [9.17, 15) is 13.6 Å². The number of alkyl halides is 3. The fourth-order valence-electron chi connectivity index (χ4n) is 2.56. The molecule has 0 radical (unpaired) electrons. The molecule has 98 valence electrons. The molecule has 0 aromatic heterocycles. The standard InChI is InChI=1S/C12H18BrF2NO/c13-8-11(4-1-5-11)16-10(17)9-2-6-12(14,15)7-3-9/h9H,1-8H2,(H,16,17). The number of amides is 1. The number of nitrogens with one attached hydrogen (secondary N) is 1. The van der Waals surface area contributed by atoms with Crippen molar-refractivity contribution in [1.29, 1.82) is 0 Å². The summed E-state index contributed by atoms with van der Waals surface area (Å²) in [6, 6.07) is 0. The highest BCUT2D eigenvalue weighted by Gasteiger charge is 2.41. The van der Waals surface area contributed by atoms with Gasteiger partial charge in [-0.2, -0.15) is 0 Å². The molecule has 0 unspecified atom stereocenters. The molecule has 17 heavy (non-hydrogen) atoms. The van der Waals surface area contributed by atoms with E-state index in [4.69, 9.17) is 0 Å². The molecule has 2 fully saturated rings. The lowest BCUT2D eigenvalue weighted by Gasteiger charge is -2.42. The average Bonchev–Trinajstić information content (AvgIpc) is 2.23. The first-order chi connectivity index (χ1) is 7.96. The second-order valence-electron chi connectivity index (χ2n) is 5.39. The topological polar surface area (TPSA) is 29.1 Å². The molecule has 0 saturated heterocycles. The Morgan fingerprint density at radius 1 is 1.24 bits per heavy atom. The van der Waals surface area contributed by atoms with Crippen LogP contribution in [0.25, 0.3) is 0 Å². The smallest absolute Gasteiger partial charge is 0.248 e. The molecule has 1 N–H and O–H groups in total. The van der Waals surface area contributed by atoms with Gasteiger partial charge in [-0.25, -0.2) is 8.78 Å². The molecule has 0 heterocycles. The lowest BCUT2D eigenvalue weighted by molar-refractivity contribution is -0.131. The first kappa shape index (κ1) is 13.2. The molecule has 0 atom stereocenters. The van der Waals surface area contributed by atoms with Crippen molar-refractivity contribution < 1.29 is 13.6 Å². The highest BCUT2D eigenvalue weighted by Crippen LogP contribution is 2.38. The molecule has 2 saturated carbocycles. The van der Waals surface area contributed by atoms with E-state index in [0.29, 0.717) is 12.8 Å². The predicted octanol–water partition coefficient (Wildman–Crippen LogP) is 3.25. The molecule has 0 spiro atoms. The van der Waals surface area contributed by atoms with E-state index in [1.54, 1.807) is 0 Å². The molecule has 0 aliphatic heterocycles. The van der Waals surface area contributed by atoms with E-state index >= 15 is 0 Å². The number of rotatable bonds is 3. The summed E-state index contributed by atoms with van der Waals surface area (Å²) >= 11 is 3.42. The Labute approximate surface area is 109 Å². The van der Waals surface area contributed by atoms with Gasteiger partial charge in [-0.3, -0.25) is 4.79 Å². The molecule has 0 aromatic rings. The minimum absolute atomic E-state index is 0.0281. The molecule has 0 aromatic carbocycles. The molecular weight excluding hydrogens is 292 g/mol. The van der Waals surface area contributed by atoms with Crippen LogP contribution in [-0.2, 0) is 4.79 Å². The van der Waals surface area contributed by atoms with Crippen LogP contribution in [0, 0.1) is 5.92 Å². The highest BCUT2D eigenvalue weighted by atomic mass is 79.9. The van der Waals surface area contributed by atoms with Crippen LogP contribution in [0.2, 0.25) is 0 Å². The summed E-state index contributed by atoms with van der Waals surface area (Å²) < 4.78 is 26.0. The van der Waals surface area contributed by atoms with Gasteiger partial charge in [0.1, 0.15) is 0 Å². The summed E-state index contributed by atoms with van der Waals surface area (Å²) in [5.74, 6) is -2.80. The van der Waals surface area contributed by atoms with Gasteiger partial charge in [-0.15, -0.1) is 0 Å². The second-order valence-corrected chi connectivity index (χ2v) is 5.95. The number of hydrogen-bond acceptors (Lipinski definition) is 1. The fourth-order valence-corrected chi connectivity index (χ4v) is 3.26. The Morgan fingerprint density at radius 2 is 1.82 bits per heavy atom. The van der Waals surface area contributed by atoms with Crippen LogP contribution in [0.1, 0.15) is 44.9 Å². The van der Waals surface area contributed by atoms with Gasteiger partial charge in [0.2, 0.25) is 11.8 Å². The molecule has 2 nitrogen and oxygen atoms in total. The van der Waals surface area contributed by atoms with Crippen LogP contribution in [0.5, 0.6) is 0 Å². The van der Waals surface area contributed by atoms with Crippen molar-refractivity contribution in [3.63, 3.8) is 0 Å². The first-order valence-electron chi connectivity index (χ1n) is 6.22. The Morgan fingerprint density at radius 3 is 2.24 bits per heavy atom. The summed E-state index contributed by atoms with van der Waals surface area (Å²) in [6.45, 7) is 0. The van der Waals surface area contributed by atoms with E-state index in [0.717, 1.165) is 24.6 Å². The van der Waals surface area contributed by atoms with Crippen molar-refractivity contribution >= 4 is 21.8 Å². The van der Waals surface area contributed by atoms with Crippen LogP contribution < -0.4 is 5.32 Å². The van der Waals surface area contributed by atoms with Gasteiger partial charge in [0.25, 0.3) is 0 Å². The van der Waals surface area contributed by atoms with E-state index in [2.05, 4.69) is 21.2 Å². The lowest BCUT2D eigenvalue weighted by Crippen LogP contribution is -2.56. The van der Waals surface area contributed by atoms with Gasteiger partial charge in [-0.1, -0.05) is 15.9 Å². The summed E-state index contributed by atoms with van der Waals surface area (Å²) in [5, 5.41) is 3.80. The van der Waals surface area contributed by atoms with E-state index < -0.39 is 5.92 Å². The van der Waals surface area contributed by atoms with Crippen molar-refractivity contribution in [3.05, 3.63) is 0 Å². The zero-order valence-electron chi connectivity index (χ0n) is 9.78. The van der Waals surface area contributed by atoms with Crippen molar-refractivity contribution in [2.45, 2.75) is 56.4 Å². The van der Waals surface area contributed by atoms with Crippen LogP contribution in [0.4, 0.5) is 8.78 Å². The zero-order chi connectivity index (χ0) is 12.5. The zero-order valence-corrected chi connectivity index (χ0v) is 11.4. The fraction of sp³-hybridized carbons (Fsp3) is 0.917. The third-order valence-corrected chi connectivity index (χ3v) is 5.12. The molecular formula is C12H18BrF2NO. The van der Waals surface area contributed by atoms with Gasteiger partial charge in [0, 0.05) is 29.6 Å². The summed E-state index contributed by atoms with van der Waals surface area (Å²) in [4.78, 5) is 12.0. The minimum Gasteiger partial charge on any atom is -0.350 e. The normalized spacial score (nSPS) is 27.2. The number of carbonyl (C=O) groups excluding carboxylic acids is 1. The van der Waals surface area contributed by atoms with Crippen molar-refractivity contribution in [2.24, 2.45) is 5.92 Å². The molecule has 2 rings (SSSR count). The van der Waals surface area contributed by atoms with Gasteiger partial charge in [-0.05, 0) is 32.1 Å². The second kappa shape index (κ2) is 4.82. The molecule has 2 aliphatic rings. The summed E-state index contributed by atoms with van der Waals surface area (Å²) in [6.07, 6.45) is 3.46. The largest absolute Gasteiger partial charge is 0.350 e. The third-order valence-electron chi connectivity index (χ3n) is 4.04. The van der Waals surface area contributed by atoms with Gasteiger partial charge < -0.3 is 5.32 Å². The highest BCUT2D eigenvalue weighted by molar-refractivity contribution is 9.09. The van der Waals surface area contributed by atoms with Crippen molar-refractivity contribution in [1.82, 2.24) is 5.32 Å². The summed E-state index contributed by atoms with van der Waals surface area (Å²) in [5.41, 5.74) is -0.100. The molecule has 1 amide bonds. The predicted molar refractivity (Wildman–Crippen MR) is 65.4 cm³/mol. The molecule has 0 bridgehead atoms. The SMILES string of the molecule is O=C(NC1(CBr)CCC1)C1CCC(F)(F)CC1. The van der Waals surface area contributed by atoms with Crippen molar-refractivity contribution in [3.8, 4) is 0 Å². The third kappa shape index (κ3) is 2.98. The quantitative estimate of drug-likeness (QED) is 0.797. The Kier molecular flexibility index (Phi) is 3.76. The monoisotopic (exact) mass is 309 g/mol. The maximum atomic E-state index is 13.0. The van der Waals surface area contributed by atoms with Gasteiger partial charge in [0.05, 0.1) is 0 Å². The maximum Gasteiger partial charge on any atom is 0.248 e. The van der Waals surface area contributed by atoms with Crippen LogP contribution in [0.15, 0.2) is 0 Å². The summed E-state index contributed by atoms with van der Waals surface area (Å²) in [7, 11) is 0. The number of hydrogen-bond donors (Lipinski definition) is 1. The number of halogens is 3. The van der Waals surface area contributed by atoms with E-state index in [1.165, 1.54) is 0 Å². The van der Waals surface area contributed by atoms with E-state index in [1.807, 2.05) is 0 Å². The Hall–Kier alpha value is -0.190. The average molecular weight is 310 g/mol. The number of carbonyl (C=O) groups is 1. The Balaban J connectivity index is 1.85. The Bertz CT molecular complexity index is 289. The van der Waals surface area contributed by atoms with Gasteiger partial charge >= 0.3 is 0 Å². The molecule has 5 heteroatoms. The molecule has 2 aliphatic carbocycles. The lowest BCUT2D eigenvalue weighted by atomic mass is 9.77. The van der Waals surface area contributed by atoms with Gasteiger partial charge in [0.15, 0.2) is 0 Å².